The highest BCUT2D eigenvalue weighted by atomic mass is 32.2. The number of nitrogens with zero attached hydrogens (tertiary/aromatic N) is 3. The Labute approximate surface area is 191 Å². The van der Waals surface area contributed by atoms with Crippen molar-refractivity contribution < 1.29 is 26.7 Å². The molecule has 3 rings (SSSR count). The van der Waals surface area contributed by atoms with Gasteiger partial charge in [-0.15, -0.1) is 0 Å². The summed E-state index contributed by atoms with van der Waals surface area (Å²) in [6.07, 6.45) is -1.20. The summed E-state index contributed by atoms with van der Waals surface area (Å²) in [5, 5.41) is 3.03. The predicted octanol–water partition coefficient (Wildman–Crippen LogP) is 1.45. The Morgan fingerprint density at radius 3 is 2.34 bits per heavy atom. The highest BCUT2D eigenvalue weighted by Crippen LogP contribution is 2.31. The molecule has 32 heavy (non-hydrogen) atoms. The quantitative estimate of drug-likeness (QED) is 0.558. The van der Waals surface area contributed by atoms with Crippen molar-refractivity contribution in [1.82, 2.24) is 14.3 Å². The number of benzene rings is 1. The highest BCUT2D eigenvalue weighted by Gasteiger charge is 2.34. The fourth-order valence-electron chi connectivity index (χ4n) is 3.55. The molecule has 0 spiro atoms. The molecule has 2 fully saturated rings. The lowest BCUT2D eigenvalue weighted by molar-refractivity contribution is 0.143. The monoisotopic (exact) mass is 491 g/mol. The van der Waals surface area contributed by atoms with Crippen LogP contribution in [0.3, 0.4) is 0 Å². The second-order valence-corrected chi connectivity index (χ2v) is 10.2. The van der Waals surface area contributed by atoms with Crippen LogP contribution in [-0.4, -0.2) is 76.2 Å². The minimum Gasteiger partial charge on any atom is -0.442 e. The minimum absolute atomic E-state index is 0.0547. The van der Waals surface area contributed by atoms with E-state index < -0.39 is 34.0 Å². The zero-order chi connectivity index (χ0) is 23.6. The van der Waals surface area contributed by atoms with E-state index in [1.807, 2.05) is 13.8 Å². The van der Waals surface area contributed by atoms with Crippen LogP contribution in [0.25, 0.3) is 0 Å². The third-order valence-corrected chi connectivity index (χ3v) is 7.55. The van der Waals surface area contributed by atoms with Crippen molar-refractivity contribution in [2.24, 2.45) is 5.92 Å². The summed E-state index contributed by atoms with van der Waals surface area (Å²) in [5.74, 6) is -1.52. The molecule has 1 aromatic rings. The third kappa shape index (κ3) is 5.27. The number of nitrogens with one attached hydrogen (secondary N) is 2. The molecule has 9 nitrogen and oxygen atoms in total. The van der Waals surface area contributed by atoms with Gasteiger partial charge in [0.05, 0.1) is 23.8 Å². The summed E-state index contributed by atoms with van der Waals surface area (Å²) in [6.45, 7) is 4.76. The van der Waals surface area contributed by atoms with Gasteiger partial charge in [-0.25, -0.2) is 18.3 Å². The van der Waals surface area contributed by atoms with Crippen LogP contribution in [0.15, 0.2) is 12.1 Å². The van der Waals surface area contributed by atoms with Gasteiger partial charge in [0.1, 0.15) is 11.8 Å². The molecule has 2 aliphatic rings. The molecule has 2 N–H and O–H groups in total. The summed E-state index contributed by atoms with van der Waals surface area (Å²) in [6, 6.07) is 2.18. The Kier molecular flexibility index (Phi) is 7.53. The van der Waals surface area contributed by atoms with Gasteiger partial charge in [-0.1, -0.05) is 26.1 Å². The van der Waals surface area contributed by atoms with Crippen LogP contribution in [0.1, 0.15) is 13.8 Å². The lowest BCUT2D eigenvalue weighted by Crippen LogP contribution is -2.51. The maximum atomic E-state index is 14.9. The summed E-state index contributed by atoms with van der Waals surface area (Å²) >= 11 is 5.20. The molecule has 0 aromatic heterocycles. The van der Waals surface area contributed by atoms with Crippen molar-refractivity contribution >= 4 is 44.9 Å². The standard InChI is InChI=1S/C19H27F2N5O4S2/c1-12(2)18(31)23-10-14-11-26(19(27)30-14)13-8-15(20)17(16(21)9-13)24-4-6-25(7-5-24)32(28,29)22-3/h8-9,12,14,22H,4-7,10-11H2,1-3H3,(H,23,31)/t14-/m0/s1. The number of amides is 1. The van der Waals surface area contributed by atoms with Gasteiger partial charge in [0, 0.05) is 51.3 Å². The lowest BCUT2D eigenvalue weighted by Gasteiger charge is -2.35. The van der Waals surface area contributed by atoms with Gasteiger partial charge in [-0.2, -0.15) is 12.7 Å². The van der Waals surface area contributed by atoms with Crippen molar-refractivity contribution in [2.75, 3.05) is 56.1 Å². The summed E-state index contributed by atoms with van der Waals surface area (Å²) in [5.41, 5.74) is -0.192. The second-order valence-electron chi connectivity index (χ2n) is 7.87. The van der Waals surface area contributed by atoms with Crippen molar-refractivity contribution in [1.29, 1.82) is 0 Å². The molecule has 0 radical (unpaired) electrons. The van der Waals surface area contributed by atoms with Crippen LogP contribution in [0.4, 0.5) is 25.0 Å². The molecule has 0 aliphatic carbocycles. The first-order valence-electron chi connectivity index (χ1n) is 10.2. The second kappa shape index (κ2) is 9.81. The first-order valence-corrected chi connectivity index (χ1v) is 12.1. The van der Waals surface area contributed by atoms with Gasteiger partial charge < -0.3 is 15.0 Å². The molecule has 1 atom stereocenters. The summed E-state index contributed by atoms with van der Waals surface area (Å²) < 4.78 is 62.2. The van der Waals surface area contributed by atoms with E-state index in [0.29, 0.717) is 11.5 Å². The smallest absolute Gasteiger partial charge is 0.414 e. The normalized spacial score (nSPS) is 20.1. The fourth-order valence-corrected chi connectivity index (χ4v) is 4.53. The lowest BCUT2D eigenvalue weighted by atomic mass is 10.2. The van der Waals surface area contributed by atoms with Gasteiger partial charge in [-0.05, 0) is 0 Å². The number of anilines is 2. The van der Waals surface area contributed by atoms with Crippen molar-refractivity contribution in [3.8, 4) is 0 Å². The Balaban J connectivity index is 1.69. The van der Waals surface area contributed by atoms with Crippen LogP contribution in [0.5, 0.6) is 0 Å². The van der Waals surface area contributed by atoms with E-state index in [9.17, 15) is 22.0 Å². The van der Waals surface area contributed by atoms with E-state index in [4.69, 9.17) is 17.0 Å². The van der Waals surface area contributed by atoms with Crippen molar-refractivity contribution in [3.63, 3.8) is 0 Å². The van der Waals surface area contributed by atoms with E-state index in [-0.39, 0.29) is 50.0 Å². The Morgan fingerprint density at radius 2 is 1.81 bits per heavy atom. The fraction of sp³-hybridized carbons (Fsp3) is 0.579. The first kappa shape index (κ1) is 24.6. The molecular formula is C19H27F2N5O4S2. The van der Waals surface area contributed by atoms with Crippen molar-refractivity contribution in [3.05, 3.63) is 23.8 Å². The number of hydrogen-bond acceptors (Lipinski definition) is 6. The van der Waals surface area contributed by atoms with Gasteiger partial charge in [0.2, 0.25) is 0 Å². The average molecular weight is 492 g/mol. The van der Waals surface area contributed by atoms with Gasteiger partial charge >= 0.3 is 6.09 Å². The number of halogens is 2. The molecule has 1 amide bonds. The minimum atomic E-state index is -3.59. The third-order valence-electron chi connectivity index (χ3n) is 5.37. The number of carbonyl (C=O) groups excluding carboxylic acids is 1. The van der Waals surface area contributed by atoms with Gasteiger partial charge in [-0.3, -0.25) is 4.90 Å². The maximum absolute atomic E-state index is 14.9. The van der Waals surface area contributed by atoms with Crippen LogP contribution < -0.4 is 19.8 Å². The summed E-state index contributed by atoms with van der Waals surface area (Å²) in [4.78, 5) is 15.5. The molecule has 2 saturated heterocycles. The SMILES string of the molecule is CNS(=O)(=O)N1CCN(c2c(F)cc(N3C[C@H](CNC(=S)C(C)C)OC3=O)cc2F)CC1. The van der Waals surface area contributed by atoms with E-state index >= 15 is 0 Å². The topological polar surface area (TPSA) is 94.2 Å². The first-order chi connectivity index (χ1) is 15.0. The average Bonchev–Trinajstić information content (AvgIpc) is 3.12. The highest BCUT2D eigenvalue weighted by molar-refractivity contribution is 7.87. The number of hydrogen-bond donors (Lipinski definition) is 2. The van der Waals surface area contributed by atoms with Crippen LogP contribution in [0, 0.1) is 17.6 Å². The Hall–Kier alpha value is -2.09. The van der Waals surface area contributed by atoms with E-state index in [2.05, 4.69) is 10.0 Å². The number of ether oxygens (including phenoxy) is 1. The van der Waals surface area contributed by atoms with Crippen LogP contribution >= 0.6 is 12.2 Å². The molecule has 0 saturated carbocycles. The van der Waals surface area contributed by atoms with Gasteiger partial charge in [0.25, 0.3) is 10.2 Å². The number of piperazine rings is 1. The van der Waals surface area contributed by atoms with Crippen LogP contribution in [0.2, 0.25) is 0 Å². The predicted molar refractivity (Wildman–Crippen MR) is 121 cm³/mol. The maximum Gasteiger partial charge on any atom is 0.414 e. The molecule has 178 valence electrons. The number of thiocarbonyl (C=S) groups is 1. The van der Waals surface area contributed by atoms with Crippen molar-refractivity contribution in [2.45, 2.75) is 20.0 Å². The number of rotatable bonds is 7. The zero-order valence-electron chi connectivity index (χ0n) is 18.1. The molecule has 2 aliphatic heterocycles. The number of carbonyl (C=O) groups is 1. The zero-order valence-corrected chi connectivity index (χ0v) is 19.7. The van der Waals surface area contributed by atoms with E-state index in [0.717, 1.165) is 12.1 Å². The number of cyclic esters (lactones) is 1. The molecule has 1 aromatic carbocycles. The Morgan fingerprint density at radius 1 is 1.22 bits per heavy atom. The largest absolute Gasteiger partial charge is 0.442 e. The molecule has 13 heteroatoms. The molecule has 0 unspecified atom stereocenters. The Bertz CT molecular complexity index is 961. The molecular weight excluding hydrogens is 464 g/mol. The van der Waals surface area contributed by atoms with E-state index in [1.54, 1.807) is 0 Å². The molecule has 0 bridgehead atoms. The molecule has 2 heterocycles. The summed E-state index contributed by atoms with van der Waals surface area (Å²) in [7, 11) is -2.29. The van der Waals surface area contributed by atoms with Crippen LogP contribution in [-0.2, 0) is 14.9 Å². The van der Waals surface area contributed by atoms with Gasteiger partial charge in [0.15, 0.2) is 11.6 Å². The van der Waals surface area contributed by atoms with E-state index in [1.165, 1.54) is 21.2 Å².